The van der Waals surface area contributed by atoms with Gasteiger partial charge in [0.05, 0.1) is 23.1 Å². The fraction of sp³-hybridized carbons (Fsp3) is 0.417. The van der Waals surface area contributed by atoms with E-state index in [1.165, 1.54) is 18.2 Å². The lowest BCUT2D eigenvalue weighted by Crippen LogP contribution is -2.37. The van der Waals surface area contributed by atoms with Crippen LogP contribution in [0.25, 0.3) is 0 Å². The van der Waals surface area contributed by atoms with E-state index in [-0.39, 0.29) is 29.8 Å². The highest BCUT2D eigenvalue weighted by Gasteiger charge is 2.30. The van der Waals surface area contributed by atoms with E-state index in [1.807, 2.05) is 0 Å². The summed E-state index contributed by atoms with van der Waals surface area (Å²) < 4.78 is 0.520. The van der Waals surface area contributed by atoms with Crippen LogP contribution in [0.15, 0.2) is 22.7 Å². The lowest BCUT2D eigenvalue weighted by Gasteiger charge is -2.23. The number of benzene rings is 1. The number of nitro groups is 1. The minimum Gasteiger partial charge on any atom is -0.394 e. The number of rotatable bonds is 3. The van der Waals surface area contributed by atoms with Gasteiger partial charge >= 0.3 is 0 Å². The Labute approximate surface area is 118 Å². The maximum absolute atomic E-state index is 12.4. The van der Waals surface area contributed by atoms with Crippen molar-refractivity contribution in [3.8, 4) is 0 Å². The average Bonchev–Trinajstić information content (AvgIpc) is 2.86. The number of carbonyl (C=O) groups is 1. The first-order valence-electron chi connectivity index (χ1n) is 5.90. The molecule has 1 fully saturated rings. The van der Waals surface area contributed by atoms with Gasteiger partial charge in [-0.2, -0.15) is 0 Å². The number of aliphatic hydroxyl groups excluding tert-OH is 1. The van der Waals surface area contributed by atoms with E-state index in [0.717, 1.165) is 12.8 Å². The molecule has 7 heteroatoms. The Bertz CT molecular complexity index is 520. The molecule has 1 aliphatic heterocycles. The normalized spacial score (nSPS) is 18.6. The number of nitrogens with zero attached hydrogens (tertiary/aromatic N) is 2. The van der Waals surface area contributed by atoms with Gasteiger partial charge in [-0.05, 0) is 34.8 Å². The van der Waals surface area contributed by atoms with Gasteiger partial charge in [-0.25, -0.2) is 0 Å². The Kier molecular flexibility index (Phi) is 4.16. The lowest BCUT2D eigenvalue weighted by molar-refractivity contribution is -0.384. The predicted octanol–water partition coefficient (Wildman–Crippen LogP) is 1.95. The van der Waals surface area contributed by atoms with E-state index in [1.54, 1.807) is 4.90 Å². The second-order valence-corrected chi connectivity index (χ2v) is 5.25. The third-order valence-corrected chi connectivity index (χ3v) is 3.93. The summed E-state index contributed by atoms with van der Waals surface area (Å²) in [6.45, 7) is 0.484. The molecule has 1 N–H and O–H groups in total. The number of halogens is 1. The predicted molar refractivity (Wildman–Crippen MR) is 71.9 cm³/mol. The molecule has 0 bridgehead atoms. The van der Waals surface area contributed by atoms with Gasteiger partial charge in [0.1, 0.15) is 0 Å². The van der Waals surface area contributed by atoms with Crippen molar-refractivity contribution >= 4 is 27.5 Å². The molecule has 102 valence electrons. The van der Waals surface area contributed by atoms with Gasteiger partial charge in [-0.15, -0.1) is 0 Å². The molecule has 0 aromatic heterocycles. The van der Waals surface area contributed by atoms with Gasteiger partial charge in [-0.3, -0.25) is 14.9 Å². The summed E-state index contributed by atoms with van der Waals surface area (Å²) in [5.74, 6) is -0.285. The summed E-state index contributed by atoms with van der Waals surface area (Å²) in [4.78, 5) is 24.2. The molecule has 0 unspecified atom stereocenters. The maximum Gasteiger partial charge on any atom is 0.270 e. The molecule has 1 atom stereocenters. The molecule has 6 nitrogen and oxygen atoms in total. The summed E-state index contributed by atoms with van der Waals surface area (Å²) in [7, 11) is 0. The molecule has 0 radical (unpaired) electrons. The van der Waals surface area contributed by atoms with Crippen LogP contribution in [0.1, 0.15) is 23.2 Å². The van der Waals surface area contributed by atoms with Crippen molar-refractivity contribution in [1.82, 2.24) is 4.90 Å². The van der Waals surface area contributed by atoms with E-state index in [9.17, 15) is 20.0 Å². The molecule has 1 aliphatic rings. The van der Waals surface area contributed by atoms with Gasteiger partial charge in [0.2, 0.25) is 0 Å². The molecule has 1 saturated heterocycles. The van der Waals surface area contributed by atoms with Crippen LogP contribution in [-0.4, -0.2) is 40.0 Å². The molecular weight excluding hydrogens is 316 g/mol. The Morgan fingerprint density at radius 1 is 1.58 bits per heavy atom. The van der Waals surface area contributed by atoms with E-state index >= 15 is 0 Å². The number of hydrogen-bond donors (Lipinski definition) is 1. The molecule has 19 heavy (non-hydrogen) atoms. The van der Waals surface area contributed by atoms with Gasteiger partial charge in [0.15, 0.2) is 0 Å². The third kappa shape index (κ3) is 2.76. The van der Waals surface area contributed by atoms with Crippen molar-refractivity contribution in [2.75, 3.05) is 13.2 Å². The summed E-state index contributed by atoms with van der Waals surface area (Å²) in [5.41, 5.74) is 0.140. The highest BCUT2D eigenvalue weighted by Crippen LogP contribution is 2.27. The molecule has 1 amide bonds. The molecule has 0 aliphatic carbocycles. The first kappa shape index (κ1) is 14.0. The molecule has 2 rings (SSSR count). The number of non-ortho nitro benzene ring substituents is 1. The van der Waals surface area contributed by atoms with Crippen molar-refractivity contribution in [3.05, 3.63) is 38.3 Å². The van der Waals surface area contributed by atoms with E-state index < -0.39 is 4.92 Å². The zero-order chi connectivity index (χ0) is 14.0. The van der Waals surface area contributed by atoms with E-state index in [0.29, 0.717) is 11.0 Å². The molecular formula is C12H13BrN2O4. The van der Waals surface area contributed by atoms with E-state index in [2.05, 4.69) is 15.9 Å². The van der Waals surface area contributed by atoms with Crippen LogP contribution in [0, 0.1) is 10.1 Å². The Balaban J connectivity index is 2.32. The van der Waals surface area contributed by atoms with Crippen LogP contribution >= 0.6 is 15.9 Å². The van der Waals surface area contributed by atoms with Crippen molar-refractivity contribution < 1.29 is 14.8 Å². The van der Waals surface area contributed by atoms with Crippen LogP contribution < -0.4 is 0 Å². The monoisotopic (exact) mass is 328 g/mol. The number of likely N-dealkylation sites (tertiary alicyclic amines) is 1. The number of nitro benzene ring substituents is 1. The van der Waals surface area contributed by atoms with Crippen molar-refractivity contribution in [1.29, 1.82) is 0 Å². The number of amides is 1. The number of aliphatic hydroxyl groups is 1. The highest BCUT2D eigenvalue weighted by atomic mass is 79.9. The number of carbonyl (C=O) groups excluding carboxylic acids is 1. The lowest BCUT2D eigenvalue weighted by atomic mass is 10.1. The zero-order valence-electron chi connectivity index (χ0n) is 10.1. The Hall–Kier alpha value is -1.47. The summed E-state index contributed by atoms with van der Waals surface area (Å²) in [6.07, 6.45) is 1.60. The van der Waals surface area contributed by atoms with Crippen LogP contribution in [0.2, 0.25) is 0 Å². The summed E-state index contributed by atoms with van der Waals surface area (Å²) in [6, 6.07) is 3.90. The first-order valence-corrected chi connectivity index (χ1v) is 6.69. The van der Waals surface area contributed by atoms with Crippen LogP contribution in [0.3, 0.4) is 0 Å². The second kappa shape index (κ2) is 5.66. The zero-order valence-corrected chi connectivity index (χ0v) is 11.7. The van der Waals surface area contributed by atoms with Gasteiger partial charge in [-0.1, -0.05) is 0 Å². The number of hydrogen-bond acceptors (Lipinski definition) is 4. The second-order valence-electron chi connectivity index (χ2n) is 4.40. The largest absolute Gasteiger partial charge is 0.394 e. The maximum atomic E-state index is 12.4. The first-order chi connectivity index (χ1) is 9.04. The summed E-state index contributed by atoms with van der Waals surface area (Å²) in [5, 5.41) is 20.0. The molecule has 0 saturated carbocycles. The fourth-order valence-corrected chi connectivity index (χ4v) is 2.65. The van der Waals surface area contributed by atoms with Crippen molar-refractivity contribution in [3.63, 3.8) is 0 Å². The van der Waals surface area contributed by atoms with Crippen molar-refractivity contribution in [2.45, 2.75) is 18.9 Å². The minimum absolute atomic E-state index is 0.0850. The average molecular weight is 329 g/mol. The third-order valence-electron chi connectivity index (χ3n) is 3.24. The Morgan fingerprint density at radius 2 is 2.32 bits per heavy atom. The molecule has 1 aromatic carbocycles. The van der Waals surface area contributed by atoms with Crippen LogP contribution in [0.4, 0.5) is 5.69 Å². The highest BCUT2D eigenvalue weighted by molar-refractivity contribution is 9.10. The van der Waals surface area contributed by atoms with Gasteiger partial charge in [0.25, 0.3) is 11.6 Å². The topological polar surface area (TPSA) is 83.7 Å². The molecule has 1 heterocycles. The molecule has 0 spiro atoms. The summed E-state index contributed by atoms with van der Waals surface area (Å²) >= 11 is 3.24. The van der Waals surface area contributed by atoms with Gasteiger partial charge < -0.3 is 10.0 Å². The minimum atomic E-state index is -0.531. The van der Waals surface area contributed by atoms with Gasteiger partial charge in [0, 0.05) is 23.2 Å². The standard InChI is InChI=1S/C12H13BrN2O4/c13-11-4-3-8(15(18)19)6-10(11)12(17)14-5-1-2-9(14)7-16/h3-4,6,9,16H,1-2,5,7H2/t9-/m1/s1. The molecule has 1 aromatic rings. The van der Waals surface area contributed by atoms with Crippen LogP contribution in [-0.2, 0) is 0 Å². The van der Waals surface area contributed by atoms with E-state index in [4.69, 9.17) is 0 Å². The fourth-order valence-electron chi connectivity index (χ4n) is 2.24. The quantitative estimate of drug-likeness (QED) is 0.679. The van der Waals surface area contributed by atoms with Crippen LogP contribution in [0.5, 0.6) is 0 Å². The SMILES string of the molecule is O=C(c1cc([N+](=O)[O-])ccc1Br)N1CCC[C@@H]1CO. The smallest absolute Gasteiger partial charge is 0.270 e. The Morgan fingerprint density at radius 3 is 2.95 bits per heavy atom. The van der Waals surface area contributed by atoms with Crippen molar-refractivity contribution in [2.24, 2.45) is 0 Å².